The standard InChI is InChI=1S/C13H14O3/c1-9-7-13(15)16-12(9)8-11(14)10-5-3-2-4-6-10/h2-6,9,12H,7-8H2,1H3/t9-,12-/m1/s1. The lowest BCUT2D eigenvalue weighted by molar-refractivity contribution is -0.141. The Morgan fingerprint density at radius 3 is 2.62 bits per heavy atom. The van der Waals surface area contributed by atoms with Gasteiger partial charge < -0.3 is 4.74 Å². The zero-order valence-electron chi connectivity index (χ0n) is 9.18. The maximum absolute atomic E-state index is 11.9. The van der Waals surface area contributed by atoms with Crippen molar-refractivity contribution in [2.24, 2.45) is 5.92 Å². The summed E-state index contributed by atoms with van der Waals surface area (Å²) in [5.41, 5.74) is 0.678. The molecule has 1 saturated heterocycles. The lowest BCUT2D eigenvalue weighted by Gasteiger charge is -2.12. The van der Waals surface area contributed by atoms with Gasteiger partial charge in [0.1, 0.15) is 6.10 Å². The first kappa shape index (κ1) is 10.9. The van der Waals surface area contributed by atoms with Crippen LogP contribution in [0.2, 0.25) is 0 Å². The normalized spacial score (nSPS) is 24.2. The molecular weight excluding hydrogens is 204 g/mol. The molecule has 0 spiro atoms. The molecule has 0 amide bonds. The Morgan fingerprint density at radius 1 is 1.38 bits per heavy atom. The van der Waals surface area contributed by atoms with Crippen LogP contribution < -0.4 is 0 Å². The smallest absolute Gasteiger partial charge is 0.306 e. The Morgan fingerprint density at radius 2 is 2.06 bits per heavy atom. The summed E-state index contributed by atoms with van der Waals surface area (Å²) >= 11 is 0. The van der Waals surface area contributed by atoms with Crippen molar-refractivity contribution in [3.05, 3.63) is 35.9 Å². The molecule has 2 atom stereocenters. The number of esters is 1. The Kier molecular flexibility index (Phi) is 3.04. The summed E-state index contributed by atoms with van der Waals surface area (Å²) in [5, 5.41) is 0. The molecule has 0 N–H and O–H groups in total. The Balaban J connectivity index is 2.01. The van der Waals surface area contributed by atoms with Crippen LogP contribution >= 0.6 is 0 Å². The predicted octanol–water partition coefficient (Wildman–Crippen LogP) is 2.21. The molecule has 0 aliphatic carbocycles. The Bertz CT molecular complexity index is 397. The molecule has 0 aromatic heterocycles. The van der Waals surface area contributed by atoms with E-state index in [9.17, 15) is 9.59 Å². The Hall–Kier alpha value is -1.64. The van der Waals surface area contributed by atoms with E-state index in [4.69, 9.17) is 4.74 Å². The molecule has 0 bridgehead atoms. The van der Waals surface area contributed by atoms with Gasteiger partial charge in [0.05, 0.1) is 6.42 Å². The summed E-state index contributed by atoms with van der Waals surface area (Å²) in [6.45, 7) is 1.94. The summed E-state index contributed by atoms with van der Waals surface area (Å²) in [6.07, 6.45) is 0.462. The van der Waals surface area contributed by atoms with Crippen molar-refractivity contribution in [3.63, 3.8) is 0 Å². The highest BCUT2D eigenvalue weighted by Crippen LogP contribution is 2.25. The fourth-order valence-corrected chi connectivity index (χ4v) is 1.89. The van der Waals surface area contributed by atoms with Gasteiger partial charge in [0.2, 0.25) is 0 Å². The second-order valence-electron chi connectivity index (χ2n) is 4.20. The van der Waals surface area contributed by atoms with Crippen molar-refractivity contribution < 1.29 is 14.3 Å². The van der Waals surface area contributed by atoms with E-state index in [2.05, 4.69) is 0 Å². The molecular formula is C13H14O3. The van der Waals surface area contributed by atoms with Crippen LogP contribution in [-0.4, -0.2) is 17.9 Å². The first-order chi connectivity index (χ1) is 7.66. The largest absolute Gasteiger partial charge is 0.462 e. The first-order valence-electron chi connectivity index (χ1n) is 5.44. The summed E-state index contributed by atoms with van der Waals surface area (Å²) in [5.74, 6) is -0.0225. The molecule has 84 valence electrons. The van der Waals surface area contributed by atoms with Crippen molar-refractivity contribution in [1.29, 1.82) is 0 Å². The zero-order valence-corrected chi connectivity index (χ0v) is 9.18. The van der Waals surface area contributed by atoms with Crippen molar-refractivity contribution in [1.82, 2.24) is 0 Å². The van der Waals surface area contributed by atoms with E-state index >= 15 is 0 Å². The number of benzene rings is 1. The lowest BCUT2D eigenvalue weighted by atomic mass is 9.97. The minimum Gasteiger partial charge on any atom is -0.462 e. The minimum absolute atomic E-state index is 0.0344. The van der Waals surface area contributed by atoms with Crippen molar-refractivity contribution in [2.45, 2.75) is 25.9 Å². The van der Waals surface area contributed by atoms with Gasteiger partial charge in [0, 0.05) is 17.9 Å². The van der Waals surface area contributed by atoms with E-state index in [1.165, 1.54) is 0 Å². The summed E-state index contributed by atoms with van der Waals surface area (Å²) in [7, 11) is 0. The molecule has 0 saturated carbocycles. The molecule has 3 heteroatoms. The number of rotatable bonds is 3. The maximum Gasteiger partial charge on any atom is 0.306 e. The van der Waals surface area contributed by atoms with E-state index in [-0.39, 0.29) is 30.2 Å². The number of carbonyl (C=O) groups excluding carboxylic acids is 2. The summed E-state index contributed by atoms with van der Waals surface area (Å²) in [6, 6.07) is 9.09. The highest BCUT2D eigenvalue weighted by Gasteiger charge is 2.32. The minimum atomic E-state index is -0.250. The average molecular weight is 218 g/mol. The number of carbonyl (C=O) groups is 2. The molecule has 0 unspecified atom stereocenters. The molecule has 1 heterocycles. The number of cyclic esters (lactones) is 1. The number of ether oxygens (including phenoxy) is 1. The van der Waals surface area contributed by atoms with E-state index in [0.717, 1.165) is 0 Å². The van der Waals surface area contributed by atoms with Gasteiger partial charge in [-0.15, -0.1) is 0 Å². The van der Waals surface area contributed by atoms with E-state index < -0.39 is 0 Å². The van der Waals surface area contributed by atoms with Gasteiger partial charge in [0.15, 0.2) is 5.78 Å². The quantitative estimate of drug-likeness (QED) is 0.577. The van der Waals surface area contributed by atoms with Gasteiger partial charge >= 0.3 is 5.97 Å². The second-order valence-corrected chi connectivity index (χ2v) is 4.20. The van der Waals surface area contributed by atoms with Gasteiger partial charge in [-0.3, -0.25) is 9.59 Å². The van der Waals surface area contributed by atoms with Gasteiger partial charge in [-0.25, -0.2) is 0 Å². The third-order valence-electron chi connectivity index (χ3n) is 2.89. The molecule has 0 radical (unpaired) electrons. The van der Waals surface area contributed by atoms with Crippen LogP contribution in [0.25, 0.3) is 0 Å². The predicted molar refractivity (Wildman–Crippen MR) is 59.1 cm³/mol. The van der Waals surface area contributed by atoms with Crippen LogP contribution in [0, 0.1) is 5.92 Å². The van der Waals surface area contributed by atoms with Gasteiger partial charge in [-0.05, 0) is 0 Å². The summed E-state index contributed by atoms with van der Waals surface area (Å²) in [4.78, 5) is 22.9. The van der Waals surface area contributed by atoms with Crippen LogP contribution in [0.1, 0.15) is 30.1 Å². The fourth-order valence-electron chi connectivity index (χ4n) is 1.89. The van der Waals surface area contributed by atoms with Crippen LogP contribution in [0.5, 0.6) is 0 Å². The third kappa shape index (κ3) is 2.30. The van der Waals surface area contributed by atoms with Crippen molar-refractivity contribution in [2.75, 3.05) is 0 Å². The topological polar surface area (TPSA) is 43.4 Å². The van der Waals surface area contributed by atoms with Gasteiger partial charge in [-0.1, -0.05) is 37.3 Å². The second kappa shape index (κ2) is 4.47. The van der Waals surface area contributed by atoms with E-state index in [0.29, 0.717) is 12.0 Å². The SMILES string of the molecule is C[C@@H]1CC(=O)O[C@@H]1CC(=O)c1ccccc1. The number of hydrogen-bond acceptors (Lipinski definition) is 3. The van der Waals surface area contributed by atoms with E-state index in [1.54, 1.807) is 12.1 Å². The molecule has 3 nitrogen and oxygen atoms in total. The first-order valence-corrected chi connectivity index (χ1v) is 5.44. The third-order valence-corrected chi connectivity index (χ3v) is 2.89. The monoisotopic (exact) mass is 218 g/mol. The lowest BCUT2D eigenvalue weighted by Crippen LogP contribution is -2.18. The fraction of sp³-hybridized carbons (Fsp3) is 0.385. The highest BCUT2D eigenvalue weighted by atomic mass is 16.5. The number of Topliss-reactive ketones (excluding diaryl/α,β-unsaturated/α-hetero) is 1. The van der Waals surface area contributed by atoms with Crippen LogP contribution in [0.15, 0.2) is 30.3 Å². The highest BCUT2D eigenvalue weighted by molar-refractivity contribution is 5.96. The molecule has 16 heavy (non-hydrogen) atoms. The number of ketones is 1. The maximum atomic E-state index is 11.9. The molecule has 1 fully saturated rings. The van der Waals surface area contributed by atoms with Crippen molar-refractivity contribution in [3.8, 4) is 0 Å². The van der Waals surface area contributed by atoms with Crippen LogP contribution in [0.4, 0.5) is 0 Å². The average Bonchev–Trinajstić information content (AvgIpc) is 2.59. The molecule has 1 aliphatic heterocycles. The molecule has 1 aliphatic rings. The number of hydrogen-bond donors (Lipinski definition) is 0. The van der Waals surface area contributed by atoms with Crippen LogP contribution in [-0.2, 0) is 9.53 Å². The van der Waals surface area contributed by atoms with Gasteiger partial charge in [0.25, 0.3) is 0 Å². The van der Waals surface area contributed by atoms with Crippen molar-refractivity contribution >= 4 is 11.8 Å². The van der Waals surface area contributed by atoms with Gasteiger partial charge in [-0.2, -0.15) is 0 Å². The zero-order chi connectivity index (χ0) is 11.5. The summed E-state index contributed by atoms with van der Waals surface area (Å²) < 4.78 is 5.11. The van der Waals surface area contributed by atoms with Crippen LogP contribution in [0.3, 0.4) is 0 Å². The molecule has 1 aromatic rings. The molecule has 2 rings (SSSR count). The van der Waals surface area contributed by atoms with E-state index in [1.807, 2.05) is 25.1 Å². The molecule has 1 aromatic carbocycles. The Labute approximate surface area is 94.4 Å².